The van der Waals surface area contributed by atoms with Crippen LogP contribution < -0.4 is 15.0 Å². The molecule has 4 heterocycles. The molecule has 192 valence electrons. The zero-order valence-electron chi connectivity index (χ0n) is 21.1. The minimum Gasteiger partial charge on any atom is -0.474 e. The lowest BCUT2D eigenvalue weighted by molar-refractivity contribution is 0.0600. The van der Waals surface area contributed by atoms with Gasteiger partial charge in [-0.2, -0.15) is 4.98 Å². The summed E-state index contributed by atoms with van der Waals surface area (Å²) < 4.78 is 16.8. The molecule has 0 aromatic carbocycles. The smallest absolute Gasteiger partial charge is 0.339 e. The largest absolute Gasteiger partial charge is 0.474 e. The van der Waals surface area contributed by atoms with Gasteiger partial charge in [-0.3, -0.25) is 4.98 Å². The molecule has 10 heteroatoms. The first-order valence-electron chi connectivity index (χ1n) is 12.6. The van der Waals surface area contributed by atoms with Crippen molar-refractivity contribution in [2.75, 3.05) is 43.6 Å². The average molecular weight is 495 g/mol. The number of pyridine rings is 2. The summed E-state index contributed by atoms with van der Waals surface area (Å²) in [5.41, 5.74) is 1.10. The van der Waals surface area contributed by atoms with Crippen molar-refractivity contribution in [3.05, 3.63) is 42.4 Å². The third-order valence-electron chi connectivity index (χ3n) is 6.24. The molecule has 1 saturated heterocycles. The summed E-state index contributed by atoms with van der Waals surface area (Å²) in [5.74, 6) is 1.52. The van der Waals surface area contributed by atoms with Gasteiger partial charge < -0.3 is 24.4 Å². The van der Waals surface area contributed by atoms with Gasteiger partial charge in [0, 0.05) is 43.8 Å². The summed E-state index contributed by atoms with van der Waals surface area (Å²) in [4.78, 5) is 32.1. The second kappa shape index (κ2) is 12.4. The van der Waals surface area contributed by atoms with E-state index in [2.05, 4.69) is 25.2 Å². The summed E-state index contributed by atoms with van der Waals surface area (Å²) in [7, 11) is 1.36. The minimum absolute atomic E-state index is 0.0205. The predicted octanol–water partition coefficient (Wildman–Crippen LogP) is 3.87. The van der Waals surface area contributed by atoms with Crippen LogP contribution in [0.3, 0.4) is 0 Å². The summed E-state index contributed by atoms with van der Waals surface area (Å²) in [6.07, 6.45) is 8.65. The fourth-order valence-corrected chi connectivity index (χ4v) is 4.39. The first kappa shape index (κ1) is 25.6. The number of rotatable bonds is 6. The van der Waals surface area contributed by atoms with Crippen LogP contribution in [0.1, 0.15) is 49.9 Å². The van der Waals surface area contributed by atoms with E-state index in [1.54, 1.807) is 24.5 Å². The van der Waals surface area contributed by atoms with Gasteiger partial charge in [0.25, 0.3) is 0 Å². The van der Waals surface area contributed by atoms with Crippen LogP contribution >= 0.6 is 0 Å². The molecule has 0 spiro atoms. The first-order valence-corrected chi connectivity index (χ1v) is 12.6. The zero-order valence-corrected chi connectivity index (χ0v) is 21.1. The Morgan fingerprint density at radius 2 is 1.78 bits per heavy atom. The SMILES string of the molecule is CC.COC(=O)c1cnc2cc(N3CCOCC3)nc(OC3CCC(Nc4ncccn4)CC3)c2c1. The Kier molecular flexibility index (Phi) is 8.83. The molecular weight excluding hydrogens is 460 g/mol. The van der Waals surface area contributed by atoms with Gasteiger partial charge in [-0.1, -0.05) is 13.8 Å². The van der Waals surface area contributed by atoms with Crippen LogP contribution in [0.15, 0.2) is 36.8 Å². The van der Waals surface area contributed by atoms with Crippen molar-refractivity contribution in [2.45, 2.75) is 51.7 Å². The molecule has 1 N–H and O–H groups in total. The Morgan fingerprint density at radius 1 is 1.06 bits per heavy atom. The minimum atomic E-state index is -0.438. The van der Waals surface area contributed by atoms with Gasteiger partial charge in [0.15, 0.2) is 0 Å². The second-order valence-corrected chi connectivity index (χ2v) is 8.48. The van der Waals surface area contributed by atoms with Crippen molar-refractivity contribution in [3.8, 4) is 5.88 Å². The van der Waals surface area contributed by atoms with E-state index >= 15 is 0 Å². The average Bonchev–Trinajstić information content (AvgIpc) is 2.95. The van der Waals surface area contributed by atoms with Crippen molar-refractivity contribution in [3.63, 3.8) is 0 Å². The van der Waals surface area contributed by atoms with Crippen LogP contribution in [0.5, 0.6) is 5.88 Å². The maximum atomic E-state index is 12.1. The molecule has 10 nitrogen and oxygen atoms in total. The number of carbonyl (C=O) groups excluding carboxylic acids is 1. The van der Waals surface area contributed by atoms with E-state index in [1.165, 1.54) is 13.3 Å². The monoisotopic (exact) mass is 494 g/mol. The lowest BCUT2D eigenvalue weighted by Gasteiger charge is -2.31. The number of esters is 1. The molecule has 1 aliphatic carbocycles. The summed E-state index contributed by atoms with van der Waals surface area (Å²) in [6.45, 7) is 6.84. The molecule has 0 unspecified atom stereocenters. The highest BCUT2D eigenvalue weighted by molar-refractivity contribution is 5.95. The fourth-order valence-electron chi connectivity index (χ4n) is 4.39. The van der Waals surface area contributed by atoms with Crippen LogP contribution in [-0.4, -0.2) is 71.5 Å². The third-order valence-corrected chi connectivity index (χ3v) is 6.24. The highest BCUT2D eigenvalue weighted by atomic mass is 16.5. The number of nitrogens with one attached hydrogen (secondary N) is 1. The molecule has 36 heavy (non-hydrogen) atoms. The lowest BCUT2D eigenvalue weighted by atomic mass is 9.93. The van der Waals surface area contributed by atoms with Crippen molar-refractivity contribution < 1.29 is 19.0 Å². The molecule has 0 amide bonds. The molecule has 0 bridgehead atoms. The summed E-state index contributed by atoms with van der Waals surface area (Å²) >= 11 is 0. The molecular formula is C26H34N6O4. The third kappa shape index (κ3) is 6.17. The molecule has 1 aliphatic heterocycles. The Morgan fingerprint density at radius 3 is 2.47 bits per heavy atom. The van der Waals surface area contributed by atoms with E-state index < -0.39 is 5.97 Å². The highest BCUT2D eigenvalue weighted by Crippen LogP contribution is 2.32. The molecule has 0 atom stereocenters. The van der Waals surface area contributed by atoms with E-state index in [-0.39, 0.29) is 6.10 Å². The fraction of sp³-hybridized carbons (Fsp3) is 0.500. The molecule has 0 radical (unpaired) electrons. The van der Waals surface area contributed by atoms with Gasteiger partial charge in [-0.15, -0.1) is 0 Å². The molecule has 2 fully saturated rings. The standard InChI is InChI=1S/C24H28N6O4.C2H6/c1-32-23(31)16-13-19-20(27-15-16)14-21(30-9-11-33-12-10-30)29-22(19)34-18-5-3-17(4-6-18)28-24-25-7-2-8-26-24;1-2/h2,7-8,13-15,17-18H,3-6,9-12H2,1H3,(H,25,26,28);1-2H3. The number of carbonyl (C=O) groups is 1. The number of hydrogen-bond donors (Lipinski definition) is 1. The Bertz CT molecular complexity index is 1130. The van der Waals surface area contributed by atoms with Crippen molar-refractivity contribution in [1.29, 1.82) is 0 Å². The molecule has 1 saturated carbocycles. The highest BCUT2D eigenvalue weighted by Gasteiger charge is 2.25. The lowest BCUT2D eigenvalue weighted by Crippen LogP contribution is -2.37. The van der Waals surface area contributed by atoms with Gasteiger partial charge in [0.2, 0.25) is 11.8 Å². The number of ether oxygens (including phenoxy) is 3. The normalized spacial score (nSPS) is 19.7. The number of fused-ring (bicyclic) bond motifs is 1. The maximum Gasteiger partial charge on any atom is 0.339 e. The molecule has 3 aromatic heterocycles. The van der Waals surface area contributed by atoms with Gasteiger partial charge >= 0.3 is 5.97 Å². The summed E-state index contributed by atoms with van der Waals surface area (Å²) in [5, 5.41) is 4.11. The Hall–Kier alpha value is -3.53. The topological polar surface area (TPSA) is 112 Å². The van der Waals surface area contributed by atoms with E-state index in [0.717, 1.165) is 50.1 Å². The van der Waals surface area contributed by atoms with Gasteiger partial charge in [-0.25, -0.2) is 14.8 Å². The van der Waals surface area contributed by atoms with Crippen LogP contribution in [0.4, 0.5) is 11.8 Å². The predicted molar refractivity (Wildman–Crippen MR) is 138 cm³/mol. The Labute approximate surface area is 211 Å². The maximum absolute atomic E-state index is 12.1. The van der Waals surface area contributed by atoms with Gasteiger partial charge in [-0.05, 0) is 37.8 Å². The second-order valence-electron chi connectivity index (χ2n) is 8.48. The zero-order chi connectivity index (χ0) is 25.3. The van der Waals surface area contributed by atoms with Gasteiger partial charge in [0.05, 0.1) is 36.8 Å². The molecule has 3 aromatic rings. The number of aromatic nitrogens is 4. The van der Waals surface area contributed by atoms with Crippen molar-refractivity contribution in [2.24, 2.45) is 0 Å². The van der Waals surface area contributed by atoms with E-state index in [9.17, 15) is 4.79 Å². The van der Waals surface area contributed by atoms with Crippen molar-refractivity contribution in [1.82, 2.24) is 19.9 Å². The summed E-state index contributed by atoms with van der Waals surface area (Å²) in [6, 6.07) is 5.80. The van der Waals surface area contributed by atoms with Crippen molar-refractivity contribution >= 4 is 28.6 Å². The number of anilines is 2. The van der Waals surface area contributed by atoms with Crippen LogP contribution in [0.2, 0.25) is 0 Å². The molecule has 5 rings (SSSR count). The quantitative estimate of drug-likeness (QED) is 0.507. The number of nitrogens with zero attached hydrogens (tertiary/aromatic N) is 5. The van der Waals surface area contributed by atoms with Crippen LogP contribution in [0, 0.1) is 0 Å². The van der Waals surface area contributed by atoms with Crippen LogP contribution in [0.25, 0.3) is 10.9 Å². The van der Waals surface area contributed by atoms with Crippen LogP contribution in [-0.2, 0) is 9.47 Å². The van der Waals surface area contributed by atoms with E-state index in [1.807, 2.05) is 19.9 Å². The Balaban J connectivity index is 0.00000148. The number of methoxy groups -OCH3 is 1. The first-order chi connectivity index (χ1) is 17.7. The van der Waals surface area contributed by atoms with Gasteiger partial charge in [0.1, 0.15) is 11.9 Å². The van der Waals surface area contributed by atoms with E-state index in [4.69, 9.17) is 19.2 Å². The number of hydrogen-bond acceptors (Lipinski definition) is 10. The van der Waals surface area contributed by atoms with E-state index in [0.29, 0.717) is 42.0 Å². The number of morpholine rings is 1. The molecule has 2 aliphatic rings.